The maximum atomic E-state index is 12.0. The third-order valence-electron chi connectivity index (χ3n) is 3.71. The Bertz CT molecular complexity index is 625. The fourth-order valence-corrected chi connectivity index (χ4v) is 3.38. The Balaban J connectivity index is 1.90. The number of nitrogens with zero attached hydrogens (tertiary/aromatic N) is 3. The summed E-state index contributed by atoms with van der Waals surface area (Å²) in [6, 6.07) is 2.58. The molecule has 1 fully saturated rings. The minimum absolute atomic E-state index is 0.0108. The van der Waals surface area contributed by atoms with Crippen molar-refractivity contribution < 1.29 is 0 Å². The van der Waals surface area contributed by atoms with Crippen molar-refractivity contribution in [3.05, 3.63) is 33.7 Å². The largest absolute Gasteiger partial charge is 0.314 e. The van der Waals surface area contributed by atoms with Crippen molar-refractivity contribution >= 4 is 16.3 Å². The predicted molar refractivity (Wildman–Crippen MR) is 76.7 cm³/mol. The summed E-state index contributed by atoms with van der Waals surface area (Å²) in [5.74, 6) is 0. The average molecular weight is 278 g/mol. The second kappa shape index (κ2) is 5.03. The van der Waals surface area contributed by atoms with Crippen LogP contribution in [-0.2, 0) is 6.54 Å². The van der Waals surface area contributed by atoms with Crippen LogP contribution >= 0.6 is 11.3 Å². The highest BCUT2D eigenvalue weighted by atomic mass is 32.1. The number of piperazine rings is 1. The second-order valence-electron chi connectivity index (χ2n) is 5.17. The van der Waals surface area contributed by atoms with E-state index in [0.29, 0.717) is 12.1 Å². The number of rotatable bonds is 2. The molecule has 2 unspecified atom stereocenters. The molecule has 1 saturated heterocycles. The molecule has 0 aromatic carbocycles. The molecule has 2 aromatic rings. The van der Waals surface area contributed by atoms with Gasteiger partial charge in [-0.1, -0.05) is 0 Å². The van der Waals surface area contributed by atoms with E-state index in [1.54, 1.807) is 16.7 Å². The summed E-state index contributed by atoms with van der Waals surface area (Å²) in [6.45, 7) is 7.14. The van der Waals surface area contributed by atoms with Gasteiger partial charge in [0.25, 0.3) is 5.56 Å². The van der Waals surface area contributed by atoms with Gasteiger partial charge >= 0.3 is 0 Å². The third-order valence-corrected chi connectivity index (χ3v) is 4.47. The van der Waals surface area contributed by atoms with Crippen molar-refractivity contribution in [2.24, 2.45) is 0 Å². The molecule has 0 spiro atoms. The van der Waals surface area contributed by atoms with E-state index in [-0.39, 0.29) is 5.56 Å². The number of aromatic nitrogens is 2. The fourth-order valence-electron chi connectivity index (χ4n) is 2.64. The van der Waals surface area contributed by atoms with Gasteiger partial charge in [0, 0.05) is 49.4 Å². The standard InChI is InChI=1S/C13H18N4OS/c1-9-6-14-7-10(2)17(9)8-11-5-12(18)16-3-4-19-13(16)15-11/h3-5,9-10,14H,6-8H2,1-2H3. The average Bonchev–Trinajstić information content (AvgIpc) is 2.83. The molecule has 6 heteroatoms. The van der Waals surface area contributed by atoms with Crippen LogP contribution in [0.1, 0.15) is 19.5 Å². The molecule has 1 aliphatic rings. The zero-order valence-electron chi connectivity index (χ0n) is 11.2. The second-order valence-corrected chi connectivity index (χ2v) is 6.04. The molecule has 0 radical (unpaired) electrons. The van der Waals surface area contributed by atoms with Gasteiger partial charge < -0.3 is 5.32 Å². The molecule has 102 valence electrons. The van der Waals surface area contributed by atoms with Crippen LogP contribution in [0.3, 0.4) is 0 Å². The zero-order chi connectivity index (χ0) is 13.4. The first-order valence-electron chi connectivity index (χ1n) is 6.57. The summed E-state index contributed by atoms with van der Waals surface area (Å²) in [7, 11) is 0. The topological polar surface area (TPSA) is 49.6 Å². The van der Waals surface area contributed by atoms with E-state index in [2.05, 4.69) is 29.0 Å². The van der Waals surface area contributed by atoms with Gasteiger partial charge in [0.2, 0.25) is 0 Å². The summed E-state index contributed by atoms with van der Waals surface area (Å²) < 4.78 is 1.60. The first kappa shape index (κ1) is 12.8. The molecule has 1 N–H and O–H groups in total. The lowest BCUT2D eigenvalue weighted by Gasteiger charge is -2.39. The van der Waals surface area contributed by atoms with Crippen LogP contribution in [0, 0.1) is 0 Å². The smallest absolute Gasteiger partial charge is 0.258 e. The van der Waals surface area contributed by atoms with E-state index in [1.165, 1.54) is 11.3 Å². The molecule has 3 rings (SSSR count). The molecule has 0 amide bonds. The lowest BCUT2D eigenvalue weighted by molar-refractivity contribution is 0.107. The lowest BCUT2D eigenvalue weighted by Crippen LogP contribution is -2.54. The Labute approximate surface area is 115 Å². The van der Waals surface area contributed by atoms with E-state index in [4.69, 9.17) is 0 Å². The van der Waals surface area contributed by atoms with Crippen molar-refractivity contribution in [1.82, 2.24) is 19.6 Å². The number of fused-ring (bicyclic) bond motifs is 1. The molecule has 0 saturated carbocycles. The molecule has 3 heterocycles. The van der Waals surface area contributed by atoms with Crippen molar-refractivity contribution in [3.8, 4) is 0 Å². The number of nitrogens with one attached hydrogen (secondary N) is 1. The third kappa shape index (κ3) is 2.43. The van der Waals surface area contributed by atoms with E-state index >= 15 is 0 Å². The summed E-state index contributed by atoms with van der Waals surface area (Å²) in [5.41, 5.74) is 0.879. The van der Waals surface area contributed by atoms with Crippen LogP contribution in [0.15, 0.2) is 22.4 Å². The van der Waals surface area contributed by atoms with Crippen molar-refractivity contribution in [2.45, 2.75) is 32.5 Å². The van der Waals surface area contributed by atoms with Gasteiger partial charge in [-0.15, -0.1) is 11.3 Å². The molecule has 0 aliphatic carbocycles. The highest BCUT2D eigenvalue weighted by molar-refractivity contribution is 7.15. The van der Waals surface area contributed by atoms with Crippen molar-refractivity contribution in [1.29, 1.82) is 0 Å². The Morgan fingerprint density at radius 1 is 1.42 bits per heavy atom. The summed E-state index contributed by atoms with van der Waals surface area (Å²) in [6.07, 6.45) is 1.77. The van der Waals surface area contributed by atoms with Crippen molar-refractivity contribution in [3.63, 3.8) is 0 Å². The van der Waals surface area contributed by atoms with Gasteiger partial charge in [0.15, 0.2) is 4.96 Å². The molecular weight excluding hydrogens is 260 g/mol. The quantitative estimate of drug-likeness (QED) is 0.888. The number of thiazole rings is 1. The van der Waals surface area contributed by atoms with E-state index in [1.807, 2.05) is 5.38 Å². The van der Waals surface area contributed by atoms with Crippen LogP contribution in [0.2, 0.25) is 0 Å². The van der Waals surface area contributed by atoms with Crippen LogP contribution in [0.25, 0.3) is 4.96 Å². The highest BCUT2D eigenvalue weighted by Crippen LogP contribution is 2.14. The van der Waals surface area contributed by atoms with Gasteiger partial charge in [-0.25, -0.2) is 4.98 Å². The number of hydrogen-bond acceptors (Lipinski definition) is 5. The van der Waals surface area contributed by atoms with Gasteiger partial charge in [0.1, 0.15) is 0 Å². The Morgan fingerprint density at radius 3 is 2.89 bits per heavy atom. The SMILES string of the molecule is CC1CNCC(C)N1Cc1cc(=O)n2ccsc2n1. The lowest BCUT2D eigenvalue weighted by atomic mass is 10.1. The molecular formula is C13H18N4OS. The maximum absolute atomic E-state index is 12.0. The predicted octanol–water partition coefficient (Wildman–Crippen LogP) is 0.938. The fraction of sp³-hybridized carbons (Fsp3) is 0.538. The van der Waals surface area contributed by atoms with Crippen LogP contribution in [0.5, 0.6) is 0 Å². The zero-order valence-corrected chi connectivity index (χ0v) is 12.0. The highest BCUT2D eigenvalue weighted by Gasteiger charge is 2.24. The van der Waals surface area contributed by atoms with Crippen LogP contribution in [-0.4, -0.2) is 39.5 Å². The van der Waals surface area contributed by atoms with Crippen molar-refractivity contribution in [2.75, 3.05) is 13.1 Å². The molecule has 19 heavy (non-hydrogen) atoms. The normalized spacial score (nSPS) is 24.9. The number of hydrogen-bond donors (Lipinski definition) is 1. The summed E-state index contributed by atoms with van der Waals surface area (Å²) in [5, 5.41) is 5.30. The molecule has 1 aliphatic heterocycles. The molecule has 2 aromatic heterocycles. The van der Waals surface area contributed by atoms with E-state index in [0.717, 1.165) is 30.3 Å². The molecule has 2 atom stereocenters. The van der Waals surface area contributed by atoms with Gasteiger partial charge in [0.05, 0.1) is 5.69 Å². The van der Waals surface area contributed by atoms with E-state index in [9.17, 15) is 4.79 Å². The Morgan fingerprint density at radius 2 is 2.16 bits per heavy atom. The van der Waals surface area contributed by atoms with E-state index < -0.39 is 0 Å². The van der Waals surface area contributed by atoms with Crippen LogP contribution < -0.4 is 10.9 Å². The molecule has 5 nitrogen and oxygen atoms in total. The maximum Gasteiger partial charge on any atom is 0.258 e. The Kier molecular flexibility index (Phi) is 3.38. The summed E-state index contributed by atoms with van der Waals surface area (Å²) in [4.78, 5) is 19.7. The minimum Gasteiger partial charge on any atom is -0.314 e. The van der Waals surface area contributed by atoms with Gasteiger partial charge in [-0.3, -0.25) is 14.1 Å². The monoisotopic (exact) mass is 278 g/mol. The minimum atomic E-state index is 0.0108. The summed E-state index contributed by atoms with van der Waals surface area (Å²) >= 11 is 1.50. The molecule has 0 bridgehead atoms. The first-order chi connectivity index (χ1) is 9.15. The van der Waals surface area contributed by atoms with Gasteiger partial charge in [-0.2, -0.15) is 0 Å². The first-order valence-corrected chi connectivity index (χ1v) is 7.45. The Hall–Kier alpha value is -1.24. The van der Waals surface area contributed by atoms with Crippen LogP contribution in [0.4, 0.5) is 0 Å². The van der Waals surface area contributed by atoms with Gasteiger partial charge in [-0.05, 0) is 13.8 Å².